The van der Waals surface area contributed by atoms with E-state index in [4.69, 9.17) is 5.73 Å². The molecular formula is C15H20N2O. The largest absolute Gasteiger partial charge is 0.330 e. The van der Waals surface area contributed by atoms with Crippen molar-refractivity contribution in [2.24, 2.45) is 5.73 Å². The summed E-state index contributed by atoms with van der Waals surface area (Å²) in [4.78, 5) is 13.4. The van der Waals surface area contributed by atoms with Crippen LogP contribution in [0.4, 0.5) is 5.69 Å². The number of carbonyl (C=O) groups excluding carboxylic acids is 1. The lowest BCUT2D eigenvalue weighted by molar-refractivity contribution is -0.118. The minimum absolute atomic E-state index is 0.215. The Kier molecular flexibility index (Phi) is 2.67. The molecule has 0 atom stereocenters. The summed E-state index contributed by atoms with van der Waals surface area (Å²) in [5, 5.41) is 0. The van der Waals surface area contributed by atoms with Gasteiger partial charge in [-0.3, -0.25) is 4.79 Å². The molecular weight excluding hydrogens is 224 g/mol. The maximum atomic E-state index is 11.7. The first kappa shape index (κ1) is 11.7. The Balaban J connectivity index is 1.99. The van der Waals surface area contributed by atoms with Gasteiger partial charge in [-0.2, -0.15) is 0 Å². The summed E-state index contributed by atoms with van der Waals surface area (Å²) in [5.74, 6) is 0.215. The van der Waals surface area contributed by atoms with Crippen molar-refractivity contribution >= 4 is 11.6 Å². The van der Waals surface area contributed by atoms with Gasteiger partial charge in [0, 0.05) is 31.1 Å². The fourth-order valence-electron chi connectivity index (χ4n) is 3.20. The van der Waals surface area contributed by atoms with Gasteiger partial charge in [0.05, 0.1) is 0 Å². The molecule has 18 heavy (non-hydrogen) atoms. The van der Waals surface area contributed by atoms with Crippen molar-refractivity contribution in [3.63, 3.8) is 0 Å². The summed E-state index contributed by atoms with van der Waals surface area (Å²) in [6.45, 7) is 0.737. The third-order valence-electron chi connectivity index (χ3n) is 4.74. The normalized spacial score (nSPS) is 21.4. The molecule has 0 unspecified atom stereocenters. The molecule has 0 spiro atoms. The molecule has 1 aliphatic heterocycles. The minimum Gasteiger partial charge on any atom is -0.330 e. The molecule has 1 aromatic rings. The lowest BCUT2D eigenvalue weighted by atomic mass is 9.64. The first-order chi connectivity index (χ1) is 8.66. The van der Waals surface area contributed by atoms with Crippen molar-refractivity contribution in [2.45, 2.75) is 37.5 Å². The van der Waals surface area contributed by atoms with Crippen LogP contribution in [-0.2, 0) is 16.6 Å². The molecule has 1 saturated carbocycles. The van der Waals surface area contributed by atoms with Crippen LogP contribution in [0.5, 0.6) is 0 Å². The summed E-state index contributed by atoms with van der Waals surface area (Å²) in [5.41, 5.74) is 9.92. The molecule has 96 valence electrons. The van der Waals surface area contributed by atoms with E-state index in [1.54, 1.807) is 4.90 Å². The summed E-state index contributed by atoms with van der Waals surface area (Å²) >= 11 is 0. The molecule has 0 radical (unpaired) electrons. The van der Waals surface area contributed by atoms with Gasteiger partial charge in [-0.05, 0) is 36.5 Å². The molecule has 2 aliphatic rings. The second-order valence-corrected chi connectivity index (χ2v) is 5.63. The number of hydrogen-bond acceptors (Lipinski definition) is 2. The van der Waals surface area contributed by atoms with Gasteiger partial charge < -0.3 is 10.6 Å². The Morgan fingerprint density at radius 3 is 2.72 bits per heavy atom. The van der Waals surface area contributed by atoms with Gasteiger partial charge in [0.1, 0.15) is 0 Å². The topological polar surface area (TPSA) is 46.3 Å². The van der Waals surface area contributed by atoms with Crippen LogP contribution in [0.2, 0.25) is 0 Å². The van der Waals surface area contributed by atoms with Gasteiger partial charge in [-0.1, -0.05) is 18.6 Å². The molecule has 1 aromatic carbocycles. The lowest BCUT2D eigenvalue weighted by Gasteiger charge is -2.42. The van der Waals surface area contributed by atoms with Crippen LogP contribution in [0.3, 0.4) is 0 Å². The van der Waals surface area contributed by atoms with Gasteiger partial charge in [0.25, 0.3) is 0 Å². The van der Waals surface area contributed by atoms with Gasteiger partial charge in [0.15, 0.2) is 0 Å². The second kappa shape index (κ2) is 4.09. The molecule has 0 bridgehead atoms. The maximum absolute atomic E-state index is 11.7. The molecule has 1 amide bonds. The summed E-state index contributed by atoms with van der Waals surface area (Å²) < 4.78 is 0. The lowest BCUT2D eigenvalue weighted by Crippen LogP contribution is -2.41. The number of nitrogens with zero attached hydrogens (tertiary/aromatic N) is 1. The highest BCUT2D eigenvalue weighted by Gasteiger charge is 2.37. The summed E-state index contributed by atoms with van der Waals surface area (Å²) in [7, 11) is 1.86. The maximum Gasteiger partial charge on any atom is 0.227 e. The predicted molar refractivity (Wildman–Crippen MR) is 72.8 cm³/mol. The molecule has 1 heterocycles. The zero-order chi connectivity index (χ0) is 12.8. The van der Waals surface area contributed by atoms with Crippen LogP contribution >= 0.6 is 0 Å². The number of amides is 1. The predicted octanol–water partition coefficient (Wildman–Crippen LogP) is 1.98. The Bertz CT molecular complexity index is 486. The monoisotopic (exact) mass is 244 g/mol. The Morgan fingerprint density at radius 2 is 2.11 bits per heavy atom. The number of aryl methyl sites for hydroxylation is 1. The fraction of sp³-hybridized carbons (Fsp3) is 0.533. The first-order valence-electron chi connectivity index (χ1n) is 6.76. The number of anilines is 1. The Hall–Kier alpha value is -1.35. The highest BCUT2D eigenvalue weighted by Crippen LogP contribution is 2.44. The van der Waals surface area contributed by atoms with Crippen molar-refractivity contribution in [3.8, 4) is 0 Å². The molecule has 0 saturated heterocycles. The Labute approximate surface area is 108 Å². The van der Waals surface area contributed by atoms with E-state index in [-0.39, 0.29) is 11.3 Å². The van der Waals surface area contributed by atoms with Gasteiger partial charge in [0.2, 0.25) is 5.91 Å². The van der Waals surface area contributed by atoms with E-state index in [0.717, 1.165) is 18.7 Å². The molecule has 0 aromatic heterocycles. The first-order valence-corrected chi connectivity index (χ1v) is 6.76. The fourth-order valence-corrected chi connectivity index (χ4v) is 3.20. The smallest absolute Gasteiger partial charge is 0.227 e. The molecule has 3 nitrogen and oxygen atoms in total. The third-order valence-corrected chi connectivity index (χ3v) is 4.74. The Morgan fingerprint density at radius 1 is 1.33 bits per heavy atom. The number of rotatable bonds is 2. The van der Waals surface area contributed by atoms with Crippen LogP contribution in [0, 0.1) is 0 Å². The van der Waals surface area contributed by atoms with E-state index in [1.165, 1.54) is 30.4 Å². The molecule has 1 fully saturated rings. The van der Waals surface area contributed by atoms with Crippen molar-refractivity contribution < 1.29 is 4.79 Å². The van der Waals surface area contributed by atoms with Crippen molar-refractivity contribution in [1.29, 1.82) is 0 Å². The van der Waals surface area contributed by atoms with Crippen LogP contribution in [0.15, 0.2) is 18.2 Å². The zero-order valence-corrected chi connectivity index (χ0v) is 10.9. The standard InChI is InChI=1S/C15H20N2O/c1-17-13-5-4-12(15(10-16)7-2-8-15)9-11(13)3-6-14(17)18/h4-5,9H,2-3,6-8,10,16H2,1H3. The average Bonchev–Trinajstić information content (AvgIpc) is 2.33. The minimum atomic E-state index is 0.215. The number of carbonyl (C=O) groups is 1. The number of nitrogens with two attached hydrogens (primary N) is 1. The number of benzene rings is 1. The van der Waals surface area contributed by atoms with E-state index in [9.17, 15) is 4.79 Å². The SMILES string of the molecule is CN1C(=O)CCc2cc(C3(CN)CCC3)ccc21. The molecule has 2 N–H and O–H groups in total. The van der Waals surface area contributed by atoms with E-state index < -0.39 is 0 Å². The summed E-state index contributed by atoms with van der Waals surface area (Å²) in [6, 6.07) is 6.54. The van der Waals surface area contributed by atoms with Gasteiger partial charge >= 0.3 is 0 Å². The van der Waals surface area contributed by atoms with Crippen molar-refractivity contribution in [1.82, 2.24) is 0 Å². The van der Waals surface area contributed by atoms with E-state index >= 15 is 0 Å². The highest BCUT2D eigenvalue weighted by atomic mass is 16.2. The molecule has 3 heteroatoms. The number of fused-ring (bicyclic) bond motifs is 1. The van der Waals surface area contributed by atoms with E-state index in [1.807, 2.05) is 7.05 Å². The van der Waals surface area contributed by atoms with Gasteiger partial charge in [-0.15, -0.1) is 0 Å². The van der Waals surface area contributed by atoms with Crippen LogP contribution in [-0.4, -0.2) is 19.5 Å². The van der Waals surface area contributed by atoms with E-state index in [2.05, 4.69) is 18.2 Å². The number of hydrogen-bond donors (Lipinski definition) is 1. The van der Waals surface area contributed by atoms with Gasteiger partial charge in [-0.25, -0.2) is 0 Å². The summed E-state index contributed by atoms with van der Waals surface area (Å²) in [6.07, 6.45) is 5.19. The van der Waals surface area contributed by atoms with Crippen LogP contribution < -0.4 is 10.6 Å². The van der Waals surface area contributed by atoms with Crippen LogP contribution in [0.1, 0.15) is 36.8 Å². The van der Waals surface area contributed by atoms with Crippen molar-refractivity contribution in [2.75, 3.05) is 18.5 Å². The average molecular weight is 244 g/mol. The second-order valence-electron chi connectivity index (χ2n) is 5.63. The highest BCUT2D eigenvalue weighted by molar-refractivity contribution is 5.95. The zero-order valence-electron chi connectivity index (χ0n) is 10.9. The molecule has 1 aliphatic carbocycles. The van der Waals surface area contributed by atoms with Crippen molar-refractivity contribution in [3.05, 3.63) is 29.3 Å². The molecule has 3 rings (SSSR count). The van der Waals surface area contributed by atoms with E-state index in [0.29, 0.717) is 6.42 Å². The third kappa shape index (κ3) is 1.57. The van der Waals surface area contributed by atoms with Crippen LogP contribution in [0.25, 0.3) is 0 Å². The quantitative estimate of drug-likeness (QED) is 0.864.